The van der Waals surface area contributed by atoms with Crippen LogP contribution in [-0.4, -0.2) is 9.97 Å². The number of nitrogens with zero attached hydrogens (tertiary/aromatic N) is 2. The summed E-state index contributed by atoms with van der Waals surface area (Å²) in [6, 6.07) is 22.8. The van der Waals surface area contributed by atoms with Gasteiger partial charge in [0.05, 0.1) is 15.9 Å². The highest BCUT2D eigenvalue weighted by Crippen LogP contribution is 2.36. The van der Waals surface area contributed by atoms with Crippen molar-refractivity contribution in [2.75, 3.05) is 0 Å². The molecule has 0 bridgehead atoms. The van der Waals surface area contributed by atoms with Gasteiger partial charge < -0.3 is 0 Å². The van der Waals surface area contributed by atoms with Crippen molar-refractivity contribution < 1.29 is 0 Å². The fourth-order valence-electron chi connectivity index (χ4n) is 2.40. The molecule has 2 nitrogen and oxygen atoms in total. The van der Waals surface area contributed by atoms with Crippen LogP contribution in [0.15, 0.2) is 73.1 Å². The highest BCUT2D eigenvalue weighted by atomic mass is 32.1. The summed E-state index contributed by atoms with van der Waals surface area (Å²) in [6.45, 7) is 0. The number of aromatic nitrogens is 2. The molecular formula is C18H12N2S. The van der Waals surface area contributed by atoms with Crippen LogP contribution in [0.2, 0.25) is 0 Å². The Morgan fingerprint density at radius 2 is 1.38 bits per heavy atom. The molecular weight excluding hydrogens is 276 g/mol. The molecule has 0 amide bonds. The second-order valence-electron chi connectivity index (χ2n) is 4.78. The number of fused-ring (bicyclic) bond motifs is 1. The van der Waals surface area contributed by atoms with Gasteiger partial charge in [-0.2, -0.15) is 0 Å². The van der Waals surface area contributed by atoms with Gasteiger partial charge in [0.1, 0.15) is 6.33 Å². The van der Waals surface area contributed by atoms with Crippen LogP contribution in [-0.2, 0) is 0 Å². The fourth-order valence-corrected chi connectivity index (χ4v) is 3.53. The predicted octanol–water partition coefficient (Wildman–Crippen LogP) is 5.03. The van der Waals surface area contributed by atoms with Crippen molar-refractivity contribution in [3.8, 4) is 21.7 Å². The Kier molecular flexibility index (Phi) is 2.98. The molecule has 0 aliphatic heterocycles. The van der Waals surface area contributed by atoms with Crippen molar-refractivity contribution in [2.45, 2.75) is 0 Å². The molecule has 0 fully saturated rings. The van der Waals surface area contributed by atoms with E-state index >= 15 is 0 Å². The third-order valence-corrected chi connectivity index (χ3v) is 4.60. The number of hydrogen-bond donors (Lipinski definition) is 0. The lowest BCUT2D eigenvalue weighted by Gasteiger charge is -2.00. The number of hydrogen-bond acceptors (Lipinski definition) is 3. The van der Waals surface area contributed by atoms with E-state index in [-0.39, 0.29) is 0 Å². The Hall–Kier alpha value is -2.52. The third kappa shape index (κ3) is 2.22. The van der Waals surface area contributed by atoms with Gasteiger partial charge in [-0.25, -0.2) is 9.97 Å². The third-order valence-electron chi connectivity index (χ3n) is 3.42. The monoisotopic (exact) mass is 288 g/mol. The molecule has 4 rings (SSSR count). The molecule has 0 saturated heterocycles. The first kappa shape index (κ1) is 12.2. The van der Waals surface area contributed by atoms with Crippen LogP contribution in [0.5, 0.6) is 0 Å². The maximum atomic E-state index is 4.48. The van der Waals surface area contributed by atoms with E-state index in [1.54, 1.807) is 17.7 Å². The SMILES string of the molecule is c1ccc(-c2cc3ncnc(-c4ccccc4)c3s2)cc1. The lowest BCUT2D eigenvalue weighted by molar-refractivity contribution is 1.23. The number of rotatable bonds is 2. The average Bonchev–Trinajstić information content (AvgIpc) is 3.00. The molecule has 0 radical (unpaired) electrons. The molecule has 2 aromatic carbocycles. The topological polar surface area (TPSA) is 25.8 Å². The van der Waals surface area contributed by atoms with Gasteiger partial charge in [0.15, 0.2) is 0 Å². The molecule has 0 aliphatic carbocycles. The number of thiophene rings is 1. The van der Waals surface area contributed by atoms with E-state index in [4.69, 9.17) is 0 Å². The Balaban J connectivity index is 1.93. The maximum absolute atomic E-state index is 4.48. The Morgan fingerprint density at radius 3 is 2.10 bits per heavy atom. The second-order valence-corrected chi connectivity index (χ2v) is 5.83. The molecule has 0 aliphatic rings. The smallest absolute Gasteiger partial charge is 0.116 e. The lowest BCUT2D eigenvalue weighted by Crippen LogP contribution is -1.84. The van der Waals surface area contributed by atoms with Gasteiger partial charge in [-0.05, 0) is 11.6 Å². The van der Waals surface area contributed by atoms with E-state index in [1.165, 1.54) is 10.4 Å². The predicted molar refractivity (Wildman–Crippen MR) is 88.3 cm³/mol. The van der Waals surface area contributed by atoms with Gasteiger partial charge >= 0.3 is 0 Å². The van der Waals surface area contributed by atoms with Crippen LogP contribution in [0.4, 0.5) is 0 Å². The number of benzene rings is 2. The molecule has 0 spiro atoms. The van der Waals surface area contributed by atoms with Crippen molar-refractivity contribution in [3.63, 3.8) is 0 Å². The zero-order chi connectivity index (χ0) is 14.1. The van der Waals surface area contributed by atoms with E-state index in [9.17, 15) is 0 Å². The second kappa shape index (κ2) is 5.11. The molecule has 0 unspecified atom stereocenters. The summed E-state index contributed by atoms with van der Waals surface area (Å²) in [5, 5.41) is 0. The molecule has 100 valence electrons. The quantitative estimate of drug-likeness (QED) is 0.517. The van der Waals surface area contributed by atoms with Crippen molar-refractivity contribution in [1.29, 1.82) is 0 Å². The van der Waals surface area contributed by atoms with E-state index in [1.807, 2.05) is 24.3 Å². The summed E-state index contributed by atoms with van der Waals surface area (Å²) < 4.78 is 1.14. The molecule has 21 heavy (non-hydrogen) atoms. The van der Waals surface area contributed by atoms with E-state index in [0.29, 0.717) is 0 Å². The van der Waals surface area contributed by atoms with Crippen molar-refractivity contribution in [1.82, 2.24) is 9.97 Å². The van der Waals surface area contributed by atoms with Crippen LogP contribution < -0.4 is 0 Å². The fraction of sp³-hybridized carbons (Fsp3) is 0. The van der Waals surface area contributed by atoms with Crippen LogP contribution in [0.1, 0.15) is 0 Å². The van der Waals surface area contributed by atoms with E-state index in [2.05, 4.69) is 52.4 Å². The van der Waals surface area contributed by atoms with Gasteiger partial charge in [-0.15, -0.1) is 11.3 Å². The molecule has 3 heteroatoms. The first-order chi connectivity index (χ1) is 10.4. The standard InChI is InChI=1S/C18H12N2S/c1-3-7-13(8-4-1)16-11-15-18(21-16)17(20-12-19-15)14-9-5-2-6-10-14/h1-12H. The highest BCUT2D eigenvalue weighted by molar-refractivity contribution is 7.22. The Labute approximate surface area is 126 Å². The van der Waals surface area contributed by atoms with E-state index < -0.39 is 0 Å². The normalized spacial score (nSPS) is 10.9. The largest absolute Gasteiger partial charge is 0.235 e. The van der Waals surface area contributed by atoms with Crippen molar-refractivity contribution >= 4 is 21.6 Å². The molecule has 0 atom stereocenters. The van der Waals surface area contributed by atoms with E-state index in [0.717, 1.165) is 21.5 Å². The van der Waals surface area contributed by atoms with Gasteiger partial charge in [-0.1, -0.05) is 60.7 Å². The minimum Gasteiger partial charge on any atom is -0.235 e. The summed E-state index contributed by atoms with van der Waals surface area (Å²) in [5.41, 5.74) is 4.37. The van der Waals surface area contributed by atoms with Crippen LogP contribution in [0, 0.1) is 0 Å². The summed E-state index contributed by atoms with van der Waals surface area (Å²) in [7, 11) is 0. The summed E-state index contributed by atoms with van der Waals surface area (Å²) in [4.78, 5) is 10.1. The minimum atomic E-state index is 1.01. The Morgan fingerprint density at radius 1 is 0.714 bits per heavy atom. The van der Waals surface area contributed by atoms with Crippen molar-refractivity contribution in [3.05, 3.63) is 73.1 Å². The van der Waals surface area contributed by atoms with Gasteiger partial charge in [0.25, 0.3) is 0 Å². The highest BCUT2D eigenvalue weighted by Gasteiger charge is 2.11. The average molecular weight is 288 g/mol. The zero-order valence-electron chi connectivity index (χ0n) is 11.2. The molecule has 4 aromatic rings. The van der Waals surface area contributed by atoms with Crippen LogP contribution in [0.25, 0.3) is 31.9 Å². The summed E-state index contributed by atoms with van der Waals surface area (Å²) >= 11 is 1.75. The summed E-state index contributed by atoms with van der Waals surface area (Å²) in [6.07, 6.45) is 1.64. The summed E-state index contributed by atoms with van der Waals surface area (Å²) in [5.74, 6) is 0. The van der Waals surface area contributed by atoms with Gasteiger partial charge in [0.2, 0.25) is 0 Å². The first-order valence-corrected chi connectivity index (χ1v) is 7.59. The molecule has 2 aromatic heterocycles. The minimum absolute atomic E-state index is 1.01. The first-order valence-electron chi connectivity index (χ1n) is 6.77. The lowest BCUT2D eigenvalue weighted by atomic mass is 10.1. The zero-order valence-corrected chi connectivity index (χ0v) is 12.0. The van der Waals surface area contributed by atoms with Crippen molar-refractivity contribution in [2.24, 2.45) is 0 Å². The van der Waals surface area contributed by atoms with Crippen LogP contribution >= 0.6 is 11.3 Å². The van der Waals surface area contributed by atoms with Gasteiger partial charge in [0, 0.05) is 10.4 Å². The van der Waals surface area contributed by atoms with Crippen LogP contribution in [0.3, 0.4) is 0 Å². The molecule has 2 heterocycles. The molecule has 0 N–H and O–H groups in total. The molecule has 0 saturated carbocycles. The Bertz CT molecular complexity index is 883. The van der Waals surface area contributed by atoms with Gasteiger partial charge in [-0.3, -0.25) is 0 Å². The maximum Gasteiger partial charge on any atom is 0.116 e.